The van der Waals surface area contributed by atoms with Crippen LogP contribution < -0.4 is 4.74 Å². The Morgan fingerprint density at radius 1 is 1.29 bits per heavy atom. The van der Waals surface area contributed by atoms with E-state index in [1.807, 2.05) is 37.3 Å². The molecular weight excluding hydrogens is 390 g/mol. The van der Waals surface area contributed by atoms with Crippen molar-refractivity contribution in [1.82, 2.24) is 0 Å². The number of carbonyl (C=O) groups is 1. The molecule has 1 heterocycles. The number of halogens is 1. The fourth-order valence-corrected chi connectivity index (χ4v) is 3.59. The number of ether oxygens (including phenoxy) is 1. The molecule has 0 aromatic heterocycles. The first-order chi connectivity index (χ1) is 11.6. The number of carbonyl (C=O) groups excluding carboxylic acids is 1. The van der Waals surface area contributed by atoms with Gasteiger partial charge in [0.05, 0.1) is 11.5 Å². The molecule has 0 bridgehead atoms. The highest BCUT2D eigenvalue weighted by atomic mass is 79.9. The Balaban J connectivity index is 1.92. The van der Waals surface area contributed by atoms with Crippen molar-refractivity contribution >= 4 is 44.7 Å². The standard InChI is InChI=1S/C18H14BrNO3S/c1-2-23-14-10-13(19)8-12(16(14)21)9-15-17(22)20-18(24-15)11-6-4-3-5-7-11/h3-10,21H,2H2,1H3/b15-9-. The average Bonchev–Trinajstić information content (AvgIpc) is 2.94. The minimum absolute atomic E-state index is 0.00844. The summed E-state index contributed by atoms with van der Waals surface area (Å²) in [6.45, 7) is 2.28. The Hall–Kier alpha value is -2.05. The Morgan fingerprint density at radius 2 is 2.04 bits per heavy atom. The number of hydrogen-bond acceptors (Lipinski definition) is 4. The zero-order valence-corrected chi connectivity index (χ0v) is 15.2. The van der Waals surface area contributed by atoms with Gasteiger partial charge >= 0.3 is 0 Å². The number of aromatic hydroxyl groups is 1. The van der Waals surface area contributed by atoms with Gasteiger partial charge in [-0.2, -0.15) is 0 Å². The zero-order chi connectivity index (χ0) is 17.1. The van der Waals surface area contributed by atoms with Crippen LogP contribution in [0.3, 0.4) is 0 Å². The second-order valence-electron chi connectivity index (χ2n) is 4.97. The highest BCUT2D eigenvalue weighted by molar-refractivity contribution is 9.10. The van der Waals surface area contributed by atoms with Crippen LogP contribution in [0.2, 0.25) is 0 Å². The Bertz CT molecular complexity index is 847. The maximum absolute atomic E-state index is 12.2. The molecule has 1 N–H and O–H groups in total. The number of rotatable bonds is 4. The van der Waals surface area contributed by atoms with E-state index in [1.54, 1.807) is 18.2 Å². The van der Waals surface area contributed by atoms with Gasteiger partial charge < -0.3 is 9.84 Å². The maximum Gasteiger partial charge on any atom is 0.284 e. The van der Waals surface area contributed by atoms with Crippen LogP contribution in [0.5, 0.6) is 11.5 Å². The number of amides is 1. The highest BCUT2D eigenvalue weighted by Gasteiger charge is 2.23. The molecule has 1 aliphatic heterocycles. The number of hydrogen-bond donors (Lipinski definition) is 1. The summed E-state index contributed by atoms with van der Waals surface area (Å²) in [6, 6.07) is 13.0. The molecule has 0 unspecified atom stereocenters. The fourth-order valence-electron chi connectivity index (χ4n) is 2.22. The molecule has 0 saturated carbocycles. The lowest BCUT2D eigenvalue weighted by molar-refractivity contribution is -0.113. The predicted octanol–water partition coefficient (Wildman–Crippen LogP) is 4.61. The van der Waals surface area contributed by atoms with Crippen molar-refractivity contribution in [3.8, 4) is 11.5 Å². The van der Waals surface area contributed by atoms with Crippen LogP contribution in [0.4, 0.5) is 0 Å². The highest BCUT2D eigenvalue weighted by Crippen LogP contribution is 2.38. The third kappa shape index (κ3) is 3.55. The number of thioether (sulfide) groups is 1. The Labute approximate surface area is 152 Å². The molecule has 0 atom stereocenters. The van der Waals surface area contributed by atoms with Gasteiger partial charge in [0, 0.05) is 15.6 Å². The molecule has 122 valence electrons. The van der Waals surface area contributed by atoms with Gasteiger partial charge in [-0.05, 0) is 25.1 Å². The summed E-state index contributed by atoms with van der Waals surface area (Å²) in [5.41, 5.74) is 1.40. The SMILES string of the molecule is CCOc1cc(Br)cc(/C=C2\SC(c3ccccc3)=NC2=O)c1O. The lowest BCUT2D eigenvalue weighted by Crippen LogP contribution is -1.94. The molecule has 2 aromatic rings. The molecule has 4 nitrogen and oxygen atoms in total. The van der Waals surface area contributed by atoms with E-state index in [-0.39, 0.29) is 11.7 Å². The summed E-state index contributed by atoms with van der Waals surface area (Å²) >= 11 is 4.68. The minimum atomic E-state index is -0.309. The van der Waals surface area contributed by atoms with Crippen molar-refractivity contribution in [2.75, 3.05) is 6.61 Å². The first-order valence-corrected chi connectivity index (χ1v) is 8.92. The smallest absolute Gasteiger partial charge is 0.284 e. The number of phenols is 1. The van der Waals surface area contributed by atoms with E-state index in [4.69, 9.17) is 4.74 Å². The molecule has 2 aromatic carbocycles. The van der Waals surface area contributed by atoms with Crippen LogP contribution >= 0.6 is 27.7 Å². The first-order valence-electron chi connectivity index (χ1n) is 7.31. The zero-order valence-electron chi connectivity index (χ0n) is 12.8. The van der Waals surface area contributed by atoms with Crippen LogP contribution in [-0.4, -0.2) is 22.7 Å². The summed E-state index contributed by atoms with van der Waals surface area (Å²) in [5.74, 6) is 0.0728. The van der Waals surface area contributed by atoms with Crippen LogP contribution in [0.1, 0.15) is 18.1 Å². The van der Waals surface area contributed by atoms with Gasteiger partial charge in [0.25, 0.3) is 5.91 Å². The molecule has 0 aliphatic carbocycles. The Morgan fingerprint density at radius 3 is 2.75 bits per heavy atom. The van der Waals surface area contributed by atoms with E-state index in [2.05, 4.69) is 20.9 Å². The predicted molar refractivity (Wildman–Crippen MR) is 101 cm³/mol. The van der Waals surface area contributed by atoms with Gasteiger partial charge in [0.15, 0.2) is 11.5 Å². The van der Waals surface area contributed by atoms with E-state index in [0.717, 1.165) is 10.0 Å². The molecule has 0 fully saturated rings. The minimum Gasteiger partial charge on any atom is -0.504 e. The van der Waals surface area contributed by atoms with Crippen molar-refractivity contribution in [3.05, 3.63) is 63.0 Å². The van der Waals surface area contributed by atoms with Crippen molar-refractivity contribution in [2.24, 2.45) is 4.99 Å². The summed E-state index contributed by atoms with van der Waals surface area (Å²) < 4.78 is 6.17. The van der Waals surface area contributed by atoms with E-state index in [0.29, 0.717) is 27.9 Å². The molecule has 24 heavy (non-hydrogen) atoms. The largest absolute Gasteiger partial charge is 0.504 e. The lowest BCUT2D eigenvalue weighted by Gasteiger charge is -2.09. The van der Waals surface area contributed by atoms with Crippen molar-refractivity contribution in [3.63, 3.8) is 0 Å². The van der Waals surface area contributed by atoms with Crippen LogP contribution in [0.15, 0.2) is 56.8 Å². The normalized spacial score (nSPS) is 15.7. The Kier molecular flexibility index (Phi) is 5.06. The molecule has 6 heteroatoms. The molecule has 0 radical (unpaired) electrons. The average molecular weight is 404 g/mol. The molecule has 0 saturated heterocycles. The monoisotopic (exact) mass is 403 g/mol. The van der Waals surface area contributed by atoms with Crippen LogP contribution in [-0.2, 0) is 4.79 Å². The number of benzene rings is 2. The summed E-state index contributed by atoms with van der Waals surface area (Å²) in [6.07, 6.45) is 1.63. The molecule has 1 aliphatic rings. The van der Waals surface area contributed by atoms with Crippen molar-refractivity contribution in [1.29, 1.82) is 0 Å². The van der Waals surface area contributed by atoms with Gasteiger partial charge in [-0.3, -0.25) is 4.79 Å². The van der Waals surface area contributed by atoms with Crippen molar-refractivity contribution < 1.29 is 14.6 Å². The number of nitrogens with zero attached hydrogens (tertiary/aromatic N) is 1. The molecule has 1 amide bonds. The third-order valence-electron chi connectivity index (χ3n) is 3.30. The molecule has 3 rings (SSSR count). The first kappa shape index (κ1) is 16.8. The van der Waals surface area contributed by atoms with E-state index < -0.39 is 0 Å². The van der Waals surface area contributed by atoms with Gasteiger partial charge in [0.2, 0.25) is 0 Å². The van der Waals surface area contributed by atoms with Gasteiger partial charge in [-0.1, -0.05) is 58.0 Å². The molecular formula is C18H14BrNO3S. The van der Waals surface area contributed by atoms with Crippen molar-refractivity contribution in [2.45, 2.75) is 6.92 Å². The van der Waals surface area contributed by atoms with E-state index in [1.165, 1.54) is 11.8 Å². The number of aliphatic imine (C=N–C) groups is 1. The van der Waals surface area contributed by atoms with Crippen LogP contribution in [0.25, 0.3) is 6.08 Å². The second-order valence-corrected chi connectivity index (χ2v) is 6.92. The lowest BCUT2D eigenvalue weighted by atomic mass is 10.1. The summed E-state index contributed by atoms with van der Waals surface area (Å²) in [7, 11) is 0. The topological polar surface area (TPSA) is 58.9 Å². The number of phenolic OH excluding ortho intramolecular Hbond substituents is 1. The van der Waals surface area contributed by atoms with Crippen LogP contribution in [0, 0.1) is 0 Å². The van der Waals surface area contributed by atoms with E-state index >= 15 is 0 Å². The van der Waals surface area contributed by atoms with Gasteiger partial charge in [-0.25, -0.2) is 4.99 Å². The second kappa shape index (κ2) is 7.23. The van der Waals surface area contributed by atoms with Gasteiger partial charge in [0.1, 0.15) is 5.04 Å². The molecule has 0 spiro atoms. The quantitative estimate of drug-likeness (QED) is 0.756. The fraction of sp³-hybridized carbons (Fsp3) is 0.111. The maximum atomic E-state index is 12.2. The third-order valence-corrected chi connectivity index (χ3v) is 4.79. The van der Waals surface area contributed by atoms with E-state index in [9.17, 15) is 9.90 Å². The summed E-state index contributed by atoms with van der Waals surface area (Å²) in [4.78, 5) is 16.7. The summed E-state index contributed by atoms with van der Waals surface area (Å²) in [5, 5.41) is 11.0. The van der Waals surface area contributed by atoms with Gasteiger partial charge in [-0.15, -0.1) is 0 Å².